The molecule has 30 heavy (non-hydrogen) atoms. The van der Waals surface area contributed by atoms with Crippen molar-refractivity contribution in [1.29, 1.82) is 0 Å². The molecule has 0 radical (unpaired) electrons. The van der Waals surface area contributed by atoms with Gasteiger partial charge in [0, 0.05) is 37.6 Å². The summed E-state index contributed by atoms with van der Waals surface area (Å²) < 4.78 is 5.53. The highest BCUT2D eigenvalue weighted by molar-refractivity contribution is 5.79. The van der Waals surface area contributed by atoms with Crippen molar-refractivity contribution in [3.05, 3.63) is 0 Å². The maximum Gasteiger partial charge on any atom is 0.411 e. The van der Waals surface area contributed by atoms with Crippen LogP contribution in [-0.4, -0.2) is 83.4 Å². The molecule has 1 atom stereocenters. The molecule has 1 spiro atoms. The van der Waals surface area contributed by atoms with E-state index in [9.17, 15) is 14.7 Å². The first-order valence-electron chi connectivity index (χ1n) is 11.9. The number of nitrogens with zero attached hydrogens (tertiary/aromatic N) is 3. The van der Waals surface area contributed by atoms with Crippen LogP contribution < -0.4 is 0 Å². The van der Waals surface area contributed by atoms with Crippen LogP contribution in [0.4, 0.5) is 4.79 Å². The van der Waals surface area contributed by atoms with E-state index in [4.69, 9.17) is 4.74 Å². The lowest BCUT2D eigenvalue weighted by Crippen LogP contribution is -2.56. The van der Waals surface area contributed by atoms with Crippen LogP contribution in [0.5, 0.6) is 0 Å². The third kappa shape index (κ3) is 4.62. The van der Waals surface area contributed by atoms with Crippen molar-refractivity contribution in [2.45, 2.75) is 83.8 Å². The molecule has 170 valence electrons. The van der Waals surface area contributed by atoms with Crippen molar-refractivity contribution in [3.8, 4) is 0 Å². The zero-order chi connectivity index (χ0) is 21.4. The number of aliphatic hydroxyl groups excluding tert-OH is 1. The third-order valence-electron chi connectivity index (χ3n) is 8.26. The molecular weight excluding hydrogens is 382 g/mol. The molecule has 2 heterocycles. The lowest BCUT2D eigenvalue weighted by Gasteiger charge is -2.44. The number of carbonyl (C=O) groups is 2. The van der Waals surface area contributed by atoms with Gasteiger partial charge in [-0.1, -0.05) is 26.7 Å². The first-order valence-corrected chi connectivity index (χ1v) is 11.9. The zero-order valence-corrected chi connectivity index (χ0v) is 18.8. The summed E-state index contributed by atoms with van der Waals surface area (Å²) in [6.45, 7) is 7.71. The van der Waals surface area contributed by atoms with Crippen molar-refractivity contribution in [2.75, 3.05) is 39.5 Å². The molecule has 1 N–H and O–H groups in total. The second-order valence-corrected chi connectivity index (χ2v) is 10.9. The van der Waals surface area contributed by atoms with Gasteiger partial charge in [-0.15, -0.1) is 0 Å². The fourth-order valence-corrected chi connectivity index (χ4v) is 6.02. The van der Waals surface area contributed by atoms with Crippen LogP contribution in [0.2, 0.25) is 0 Å². The van der Waals surface area contributed by atoms with Gasteiger partial charge in [-0.25, -0.2) is 4.79 Å². The average molecular weight is 422 g/mol. The Hall–Kier alpha value is -1.34. The molecule has 0 aromatic carbocycles. The van der Waals surface area contributed by atoms with Crippen LogP contribution in [0, 0.1) is 10.8 Å². The van der Waals surface area contributed by atoms with Crippen LogP contribution in [0.15, 0.2) is 0 Å². The molecule has 7 heteroatoms. The van der Waals surface area contributed by atoms with Crippen LogP contribution in [0.3, 0.4) is 0 Å². The van der Waals surface area contributed by atoms with E-state index in [2.05, 4.69) is 18.7 Å². The number of rotatable bonds is 3. The first kappa shape index (κ1) is 21.9. The normalized spacial score (nSPS) is 30.1. The summed E-state index contributed by atoms with van der Waals surface area (Å²) in [6.07, 6.45) is 8.93. The topological polar surface area (TPSA) is 73.3 Å². The van der Waals surface area contributed by atoms with Gasteiger partial charge >= 0.3 is 6.09 Å². The molecule has 4 rings (SSSR count). The molecule has 2 saturated carbocycles. The quantitative estimate of drug-likeness (QED) is 0.759. The SMILES string of the molecule is CC1(C)CCC(N2CCN(COC(=O)N3CCC(O)C4(CCCC4)C3)C(=O)C2)CC1. The van der Waals surface area contributed by atoms with Crippen molar-refractivity contribution in [2.24, 2.45) is 10.8 Å². The highest BCUT2D eigenvalue weighted by Gasteiger charge is 2.46. The average Bonchev–Trinajstić information content (AvgIpc) is 3.18. The van der Waals surface area contributed by atoms with E-state index in [0.717, 1.165) is 45.1 Å². The molecule has 2 amide bonds. The van der Waals surface area contributed by atoms with Gasteiger partial charge in [-0.05, 0) is 50.4 Å². The van der Waals surface area contributed by atoms with Gasteiger partial charge in [0.1, 0.15) is 0 Å². The van der Waals surface area contributed by atoms with Crippen molar-refractivity contribution >= 4 is 12.0 Å². The number of hydrogen-bond donors (Lipinski definition) is 1. The van der Waals surface area contributed by atoms with Crippen LogP contribution in [0.1, 0.15) is 71.6 Å². The number of piperidine rings is 1. The van der Waals surface area contributed by atoms with E-state index in [-0.39, 0.29) is 30.3 Å². The third-order valence-corrected chi connectivity index (χ3v) is 8.26. The Kier molecular flexibility index (Phi) is 6.31. The fourth-order valence-electron chi connectivity index (χ4n) is 6.02. The van der Waals surface area contributed by atoms with E-state index in [0.29, 0.717) is 44.1 Å². The second-order valence-electron chi connectivity index (χ2n) is 10.9. The molecular formula is C23H39N3O4. The minimum Gasteiger partial charge on any atom is -0.428 e. The molecule has 0 aromatic rings. The van der Waals surface area contributed by atoms with Crippen molar-refractivity contribution in [1.82, 2.24) is 14.7 Å². The van der Waals surface area contributed by atoms with E-state index in [1.165, 1.54) is 12.8 Å². The lowest BCUT2D eigenvalue weighted by atomic mass is 9.75. The van der Waals surface area contributed by atoms with Gasteiger partial charge in [0.15, 0.2) is 6.73 Å². The predicted molar refractivity (Wildman–Crippen MR) is 114 cm³/mol. The molecule has 1 unspecified atom stereocenters. The number of amides is 2. The number of likely N-dealkylation sites (tertiary alicyclic amines) is 1. The summed E-state index contributed by atoms with van der Waals surface area (Å²) in [5, 5.41) is 10.5. The number of piperazine rings is 1. The molecule has 2 aliphatic carbocycles. The molecule has 7 nitrogen and oxygen atoms in total. The predicted octanol–water partition coefficient (Wildman–Crippen LogP) is 2.82. The minimum atomic E-state index is -0.349. The van der Waals surface area contributed by atoms with Gasteiger partial charge in [-0.2, -0.15) is 0 Å². The second kappa shape index (κ2) is 8.65. The molecule has 0 aromatic heterocycles. The summed E-state index contributed by atoms with van der Waals surface area (Å²) in [6, 6.07) is 0.508. The summed E-state index contributed by atoms with van der Waals surface area (Å²) in [7, 11) is 0. The maximum absolute atomic E-state index is 12.7. The van der Waals surface area contributed by atoms with E-state index in [1.54, 1.807) is 9.80 Å². The molecule has 2 aliphatic heterocycles. The Morgan fingerprint density at radius 2 is 1.77 bits per heavy atom. The van der Waals surface area contributed by atoms with Crippen LogP contribution in [-0.2, 0) is 9.53 Å². The Labute approximate surface area is 180 Å². The molecule has 4 aliphatic rings. The van der Waals surface area contributed by atoms with Gasteiger partial charge in [0.05, 0.1) is 12.6 Å². The molecule has 2 saturated heterocycles. The monoisotopic (exact) mass is 421 g/mol. The standard InChI is InChI=1S/C23H39N3O4/c1-22(2)10-5-18(6-11-22)24-13-14-26(20(28)15-24)17-30-21(29)25-12-7-19(27)23(16-25)8-3-4-9-23/h18-19,27H,3-17H2,1-2H3. The Morgan fingerprint density at radius 1 is 1.07 bits per heavy atom. The van der Waals surface area contributed by atoms with Gasteiger partial charge < -0.3 is 19.6 Å². The Bertz CT molecular complexity index is 636. The number of aliphatic hydroxyl groups is 1. The Morgan fingerprint density at radius 3 is 2.43 bits per heavy atom. The van der Waals surface area contributed by atoms with Gasteiger partial charge in [0.25, 0.3) is 0 Å². The fraction of sp³-hybridized carbons (Fsp3) is 0.913. The zero-order valence-electron chi connectivity index (χ0n) is 18.8. The number of carbonyl (C=O) groups excluding carboxylic acids is 2. The van der Waals surface area contributed by atoms with Crippen molar-refractivity contribution in [3.63, 3.8) is 0 Å². The summed E-state index contributed by atoms with van der Waals surface area (Å²) >= 11 is 0. The summed E-state index contributed by atoms with van der Waals surface area (Å²) in [4.78, 5) is 31.0. The van der Waals surface area contributed by atoms with Crippen molar-refractivity contribution < 1.29 is 19.4 Å². The number of hydrogen-bond acceptors (Lipinski definition) is 5. The van der Waals surface area contributed by atoms with Gasteiger partial charge in [-0.3, -0.25) is 9.69 Å². The molecule has 4 fully saturated rings. The largest absolute Gasteiger partial charge is 0.428 e. The van der Waals surface area contributed by atoms with Gasteiger partial charge in [0.2, 0.25) is 5.91 Å². The smallest absolute Gasteiger partial charge is 0.411 e. The van der Waals surface area contributed by atoms with E-state index < -0.39 is 0 Å². The molecule has 0 bridgehead atoms. The summed E-state index contributed by atoms with van der Waals surface area (Å²) in [5.41, 5.74) is 0.283. The van der Waals surface area contributed by atoms with E-state index >= 15 is 0 Å². The minimum absolute atomic E-state index is 0.0370. The number of ether oxygens (including phenoxy) is 1. The lowest BCUT2D eigenvalue weighted by molar-refractivity contribution is -0.142. The maximum atomic E-state index is 12.7. The van der Waals surface area contributed by atoms with Crippen LogP contribution >= 0.6 is 0 Å². The summed E-state index contributed by atoms with van der Waals surface area (Å²) in [5.74, 6) is 0.0558. The first-order chi connectivity index (χ1) is 14.3. The Balaban J connectivity index is 1.23. The van der Waals surface area contributed by atoms with E-state index in [1.807, 2.05) is 0 Å². The highest BCUT2D eigenvalue weighted by atomic mass is 16.6. The highest BCUT2D eigenvalue weighted by Crippen LogP contribution is 2.45. The van der Waals surface area contributed by atoms with Crippen LogP contribution in [0.25, 0.3) is 0 Å².